The Morgan fingerprint density at radius 3 is 1.19 bits per heavy atom. The van der Waals surface area contributed by atoms with Gasteiger partial charge >= 0.3 is 88.4 Å². The number of allylic oxidation sites excluding steroid dienone is 4. The molecule has 0 bridgehead atoms. The Hall–Kier alpha value is -14.5. The first kappa shape index (κ1) is 119. The van der Waals surface area contributed by atoms with Crippen LogP contribution in [-0.4, -0.2) is 160 Å². The number of para-hydroxylation sites is 10. The number of carbonyl (C=O) groups is 9. The van der Waals surface area contributed by atoms with Crippen molar-refractivity contribution < 1.29 is 140 Å². The normalized spacial score (nSPS) is 13.8. The first-order chi connectivity index (χ1) is 70.8. The van der Waals surface area contributed by atoms with Crippen molar-refractivity contribution >= 4 is 167 Å². The van der Waals surface area contributed by atoms with Gasteiger partial charge in [-0.2, -0.15) is 0 Å². The number of imidazole rings is 3. The smallest absolute Gasteiger partial charge is 1.00 e. The van der Waals surface area contributed by atoms with Crippen LogP contribution in [-0.2, 0) is 117 Å². The number of hydrogen-bond donors (Lipinski definition) is 6. The summed E-state index contributed by atoms with van der Waals surface area (Å²) in [7, 11) is 17.2. The Morgan fingerprint density at radius 2 is 0.787 bits per heavy atom. The number of nitrogens with two attached hydrogens (primary N) is 3. The summed E-state index contributed by atoms with van der Waals surface area (Å²) in [5.41, 5.74) is 40.3. The maximum atomic E-state index is 13.8. The van der Waals surface area contributed by atoms with Gasteiger partial charge in [0.2, 0.25) is 5.97 Å². The summed E-state index contributed by atoms with van der Waals surface area (Å²) in [6.07, 6.45) is 17.4. The van der Waals surface area contributed by atoms with Crippen LogP contribution in [0.5, 0.6) is 0 Å². The number of aliphatic carboxylic acids is 1. The van der Waals surface area contributed by atoms with E-state index < -0.39 is 29.8 Å². The first-order valence-corrected chi connectivity index (χ1v) is 49.6. The summed E-state index contributed by atoms with van der Waals surface area (Å²) in [4.78, 5) is 149. The molecule has 19 rings (SSSR count). The van der Waals surface area contributed by atoms with Gasteiger partial charge in [0.25, 0.3) is 0 Å². The second-order valence-corrected chi connectivity index (χ2v) is 37.2. The molecule has 6 heterocycles. The monoisotopic (exact) mass is 2170 g/mol. The van der Waals surface area contributed by atoms with Crippen molar-refractivity contribution in [3.05, 3.63) is 287 Å². The number of carboxylic acid groups (broad SMARTS) is 1. The molecule has 1 unspecified atom stereocenters. The predicted octanol–water partition coefficient (Wildman–Crippen LogP) is 11.8. The number of H-pyrrole nitrogens is 1. The number of nitrogen functional groups attached to an aromatic ring is 3. The van der Waals surface area contributed by atoms with Crippen molar-refractivity contribution in [1.82, 2.24) is 41.5 Å². The van der Waals surface area contributed by atoms with Crippen molar-refractivity contribution in [1.29, 1.82) is 0 Å². The zero-order chi connectivity index (χ0) is 107. The minimum Gasteiger partial charge on any atom is -1.00 e. The van der Waals surface area contributed by atoms with Crippen LogP contribution in [0.4, 0.5) is 22.7 Å². The zero-order valence-electron chi connectivity index (χ0n) is 88.5. The Bertz CT molecular complexity index is 7560. The molecule has 5 aliphatic carbocycles. The van der Waals surface area contributed by atoms with Crippen molar-refractivity contribution in [3.63, 3.8) is 0 Å². The number of benzene rings is 8. The number of carbonyl (C=O) groups excluding carboxylic acids is 8. The predicted molar refractivity (Wildman–Crippen MR) is 577 cm³/mol. The second kappa shape index (κ2) is 55.7. The third kappa shape index (κ3) is 29.8. The molecule has 0 amide bonds. The summed E-state index contributed by atoms with van der Waals surface area (Å²) in [6.45, 7) is 20.5. The van der Waals surface area contributed by atoms with Gasteiger partial charge in [-0.3, -0.25) is 37.2 Å². The largest absolute Gasteiger partial charge is 1.00 e. The van der Waals surface area contributed by atoms with E-state index in [9.17, 15) is 62.6 Å². The fourth-order valence-corrected chi connectivity index (χ4v) is 19.0. The Balaban J connectivity index is 0.000000196. The molecular formula is C113H134BIN14NaO20. The summed E-state index contributed by atoms with van der Waals surface area (Å²) in [5, 5.41) is 16.6. The van der Waals surface area contributed by atoms with E-state index in [4.69, 9.17) is 36.1 Å². The number of Topliss-reactive ketones (excluding diaryl/α,β-unsaturated/α-hetero) is 1. The quantitative estimate of drug-likeness (QED) is 0.00475. The van der Waals surface area contributed by atoms with Gasteiger partial charge in [0.05, 0.1) is 139 Å². The summed E-state index contributed by atoms with van der Waals surface area (Å²) in [6, 6.07) is 56.7. The molecule has 1 atom stereocenters. The molecular weight excluding hydrogens is 2030 g/mol. The topological polar surface area (TPSA) is 435 Å². The fourth-order valence-electron chi connectivity index (χ4n) is 19.0. The molecule has 9 N–H and O–H groups in total. The van der Waals surface area contributed by atoms with Gasteiger partial charge in [-0.15, -0.1) is 0 Å². The minimum absolute atomic E-state index is 0. The molecule has 6 aromatic heterocycles. The molecule has 1 saturated carbocycles. The van der Waals surface area contributed by atoms with Crippen LogP contribution in [0.2, 0.25) is 0 Å². The van der Waals surface area contributed by atoms with Gasteiger partial charge in [-0.05, 0) is 245 Å². The number of esters is 4. The number of ketones is 1. The third-order valence-electron chi connectivity index (χ3n) is 25.4. The molecule has 3 radical (unpaired) electrons. The van der Waals surface area contributed by atoms with Crippen LogP contribution in [0.15, 0.2) is 237 Å². The van der Waals surface area contributed by atoms with Crippen LogP contribution >= 0.6 is 0 Å². The Labute approximate surface area is 911 Å². The van der Waals surface area contributed by atoms with E-state index in [1.165, 1.54) is 45.5 Å². The van der Waals surface area contributed by atoms with Crippen LogP contribution in [0.3, 0.4) is 0 Å². The van der Waals surface area contributed by atoms with Crippen LogP contribution in [0, 0.1) is 26.7 Å². The van der Waals surface area contributed by atoms with E-state index in [0.29, 0.717) is 124 Å². The number of ether oxygens (including phenoxy) is 4. The number of aryl methyl sites for hydroxylation is 6. The summed E-state index contributed by atoms with van der Waals surface area (Å²) < 4.78 is 39.7. The Kier molecular flexibility index (Phi) is 44.2. The third-order valence-corrected chi connectivity index (χ3v) is 25.4. The summed E-state index contributed by atoms with van der Waals surface area (Å²) in [5.74, 6) is -4.26. The number of hydrogen-bond acceptors (Lipinski definition) is 23. The van der Waals surface area contributed by atoms with E-state index >= 15 is 0 Å². The number of aromatic amines is 1. The molecule has 37 heteroatoms. The number of nitrogens with one attached hydrogen (secondary N) is 2. The number of fused-ring (bicyclic) bond motifs is 6. The minimum atomic E-state index is -0.934. The molecule has 0 aliphatic heterocycles. The molecule has 5 aliphatic rings. The number of halogens is 1. The molecule has 34 nitrogen and oxygen atoms in total. The maximum Gasteiger partial charge on any atom is 1.00 e. The number of rotatable bonds is 20. The van der Waals surface area contributed by atoms with Gasteiger partial charge in [-0.1, -0.05) is 97.1 Å². The van der Waals surface area contributed by atoms with Crippen molar-refractivity contribution in [2.45, 2.75) is 185 Å². The number of aromatic nitrogens is 9. The maximum absolute atomic E-state index is 13.8. The van der Waals surface area contributed by atoms with E-state index in [-0.39, 0.29) is 100 Å². The number of quaternary nitrogens is 1. The van der Waals surface area contributed by atoms with Crippen LogP contribution in [0.1, 0.15) is 178 Å². The van der Waals surface area contributed by atoms with Gasteiger partial charge in [0.1, 0.15) is 18.2 Å². The van der Waals surface area contributed by atoms with E-state index in [0.717, 1.165) is 165 Å². The van der Waals surface area contributed by atoms with Gasteiger partial charge < -0.3 is 106 Å². The average Bonchev–Trinajstić information content (AvgIpc) is 1.59. The molecule has 1 fully saturated rings. The molecule has 150 heavy (non-hydrogen) atoms. The van der Waals surface area contributed by atoms with Gasteiger partial charge in [0, 0.05) is 128 Å². The van der Waals surface area contributed by atoms with Crippen molar-refractivity contribution in [3.8, 4) is 0 Å². The van der Waals surface area contributed by atoms with Crippen LogP contribution in [0.25, 0.3) is 82.9 Å². The van der Waals surface area contributed by atoms with Gasteiger partial charge in [0.15, 0.2) is 0 Å². The van der Waals surface area contributed by atoms with Crippen molar-refractivity contribution in [2.24, 2.45) is 27.1 Å². The summed E-state index contributed by atoms with van der Waals surface area (Å²) >= 11 is 0. The standard InChI is InChI=1S/C26H27N3O3.C24H23N3O3.C15H16N2O3.C14H18N2O2.C14H21N2.C8H12O3.C6H8N2.C4H6O4.C2H3BO2.HI.Na/c1-4-32-25(30)19-10-8-13-20(19)29-22-12-6-5-11-21(22)28(26(29)31)16-18-15-27(3)23-14-7-9-17(2)24(18)23;1-15-7-5-12-21-22(15)16(13-25(21)2)14-26-19-9-3-4-10-20(19)27(24(26)30)18-11-6-8-17(18)23(28)29;1-2-20-14(18)10-6-5-9-12(10)17-13-8-4-3-7-11(13)16-15(17)19;1-2-18-14(17)10-6-5-9-12(10)16-13-8-4-3-7-11(13)15;1-11-7-6-8-13-14(11)12(9-15(13)2)10-16(3,4)5;1-2-11-8(10)6-4-3-5-7(6)9;7-5-3-1-2-4-6(5)8;1-3(5)7-8-4(2)6;1-2(4)5-3;;/h5-7,9,11-12,14-15H,4,8,10,13,16H2,1-3H3;3-5,7,9-10,12-13H,6,8,11,14H2,1-2H3,(H,28,29);3-4,7-8H,2,5-6,9H2,1H3,(H,16,19);3-4,7-8,16H,2,5-6,9,15H2,1H3;6-9H,10H2,1-5H3;6H,2-5H2,1H3;1-4H,7-8H2;1-2H3;1H3;1H;/q;;;;+1;;;;-1;;+1/p-1. The average molecular weight is 2170 g/mol. The fraction of sp³-hybridized carbons (Fsp3) is 0.345. The Morgan fingerprint density at radius 1 is 0.427 bits per heavy atom. The molecule has 0 spiro atoms. The molecule has 14 aromatic rings. The van der Waals surface area contributed by atoms with Gasteiger partial charge in [-0.25, -0.2) is 52.9 Å². The number of nitrogens with zero attached hydrogens (tertiary/aromatic N) is 9. The molecule has 787 valence electrons. The van der Waals surface area contributed by atoms with E-state index in [1.807, 2.05) is 141 Å². The zero-order valence-corrected chi connectivity index (χ0v) is 92.7. The van der Waals surface area contributed by atoms with E-state index in [2.05, 4.69) is 163 Å². The second-order valence-electron chi connectivity index (χ2n) is 37.2. The SMILES string of the molecule is CC(=O)OOC(C)=O.CCOC(=O)C1=C(Nc2ccccc2N)CCC1.CCOC(=O)C1=C(n2c(=O)[nH]c3ccccc32)CCC1.CCOC(=O)C1=C(n2c(=O)n(Cc3cn(C)c4cccc(C)c34)c3ccccc32)CCC1.CCOC(=O)C1CCCC1=O.Cc1cccc2c1c(C[N+](C)(C)C)cn2C.Cc1cccc2c1c(Cn1c(=O)n(C3=C(C(=O)O)CCC3)c3ccccc31)cn2C.Nc1ccccc1N.[B-]OC(C)=O.[I-].[Na+]. The van der Waals surface area contributed by atoms with Crippen molar-refractivity contribution in [2.75, 3.05) is 70.1 Å². The van der Waals surface area contributed by atoms with Crippen LogP contribution < -0.4 is 93.1 Å². The number of anilines is 4. The molecule has 8 aromatic carbocycles. The van der Waals surface area contributed by atoms with E-state index in [1.54, 1.807) is 51.2 Å². The number of carboxylic acids is 1. The first-order valence-electron chi connectivity index (χ1n) is 49.6. The molecule has 0 saturated heterocycles.